The minimum Gasteiger partial charge on any atom is -0.352 e. The van der Waals surface area contributed by atoms with Crippen LogP contribution in [-0.4, -0.2) is 16.5 Å². The van der Waals surface area contributed by atoms with Crippen molar-refractivity contribution in [2.24, 2.45) is 5.92 Å². The fourth-order valence-electron chi connectivity index (χ4n) is 1.49. The molecular weight excluding hydrogens is 309 g/mol. The van der Waals surface area contributed by atoms with Crippen molar-refractivity contribution >= 4 is 17.5 Å². The van der Waals surface area contributed by atoms with E-state index in [-0.39, 0.29) is 12.0 Å². The van der Waals surface area contributed by atoms with Gasteiger partial charge < -0.3 is 9.88 Å². The first kappa shape index (κ1) is 17.6. The topological polar surface area (TPSA) is 51.1 Å². The molecule has 1 N–H and O–H groups in total. The van der Waals surface area contributed by atoms with E-state index < -0.39 is 34.8 Å². The maximum atomic E-state index is 12.7. The molecule has 8 heteroatoms. The smallest absolute Gasteiger partial charge is 0.352 e. The number of pyridine rings is 1. The predicted molar refractivity (Wildman–Crippen MR) is 73.2 cm³/mol. The highest BCUT2D eigenvalue weighted by Gasteiger charge is 2.32. The van der Waals surface area contributed by atoms with Gasteiger partial charge in [0.2, 0.25) is 5.91 Å². The first-order valence-corrected chi connectivity index (χ1v) is 6.66. The van der Waals surface area contributed by atoms with E-state index in [2.05, 4.69) is 5.32 Å². The minimum atomic E-state index is -4.64. The van der Waals surface area contributed by atoms with Crippen molar-refractivity contribution in [3.8, 4) is 0 Å². The van der Waals surface area contributed by atoms with Crippen molar-refractivity contribution in [1.29, 1.82) is 0 Å². The lowest BCUT2D eigenvalue weighted by molar-refractivity contribution is -0.138. The highest BCUT2D eigenvalue weighted by Crippen LogP contribution is 2.29. The number of aromatic nitrogens is 1. The number of carbonyl (C=O) groups is 1. The number of nitrogens with one attached hydrogen (secondary N) is 1. The maximum absolute atomic E-state index is 12.7. The van der Waals surface area contributed by atoms with E-state index in [4.69, 9.17) is 11.6 Å². The molecule has 0 aromatic carbocycles. The zero-order chi connectivity index (χ0) is 16.4. The minimum absolute atomic E-state index is 0.158. The molecule has 0 fully saturated rings. The summed E-state index contributed by atoms with van der Waals surface area (Å²) >= 11 is 5.50. The molecule has 1 aromatic heterocycles. The van der Waals surface area contributed by atoms with Crippen LogP contribution in [0.5, 0.6) is 0 Å². The van der Waals surface area contributed by atoms with E-state index in [1.54, 1.807) is 6.92 Å². The van der Waals surface area contributed by atoms with Crippen molar-refractivity contribution in [2.45, 2.75) is 39.5 Å². The molecule has 0 aliphatic rings. The molecule has 0 aliphatic heterocycles. The van der Waals surface area contributed by atoms with Gasteiger partial charge in [-0.05, 0) is 18.9 Å². The summed E-state index contributed by atoms with van der Waals surface area (Å²) in [6.07, 6.45) is -4.05. The second kappa shape index (κ2) is 6.51. The fraction of sp³-hybridized carbons (Fsp3) is 0.538. The number of halogens is 4. The normalized spacial score (nSPS) is 13.3. The van der Waals surface area contributed by atoms with E-state index in [0.717, 1.165) is 0 Å². The third-order valence-electron chi connectivity index (χ3n) is 3.07. The Morgan fingerprint density at radius 3 is 2.43 bits per heavy atom. The van der Waals surface area contributed by atoms with Gasteiger partial charge in [0.25, 0.3) is 5.56 Å². The third-order valence-corrected chi connectivity index (χ3v) is 3.34. The second-order valence-corrected chi connectivity index (χ2v) is 5.51. The molecule has 0 bridgehead atoms. The Balaban J connectivity index is 3.01. The Labute approximate surface area is 124 Å². The quantitative estimate of drug-likeness (QED) is 0.925. The largest absolute Gasteiger partial charge is 0.417 e. The molecule has 0 saturated heterocycles. The molecule has 21 heavy (non-hydrogen) atoms. The van der Waals surface area contributed by atoms with Gasteiger partial charge in [-0.15, -0.1) is 0 Å². The highest BCUT2D eigenvalue weighted by molar-refractivity contribution is 6.30. The summed E-state index contributed by atoms with van der Waals surface area (Å²) in [5.41, 5.74) is -1.91. The molecule has 1 rings (SSSR count). The van der Waals surface area contributed by atoms with Crippen molar-refractivity contribution in [1.82, 2.24) is 9.88 Å². The Hall–Kier alpha value is -1.50. The van der Waals surface area contributed by atoms with Crippen LogP contribution in [0.4, 0.5) is 13.2 Å². The van der Waals surface area contributed by atoms with Gasteiger partial charge in [-0.1, -0.05) is 25.4 Å². The van der Waals surface area contributed by atoms with Gasteiger partial charge in [-0.3, -0.25) is 9.59 Å². The summed E-state index contributed by atoms with van der Waals surface area (Å²) in [5, 5.41) is 2.04. The number of hydrogen-bond donors (Lipinski definition) is 1. The van der Waals surface area contributed by atoms with Gasteiger partial charge in [-0.25, -0.2) is 0 Å². The molecule has 0 aliphatic carbocycles. The molecule has 1 atom stereocenters. The number of alkyl halides is 3. The summed E-state index contributed by atoms with van der Waals surface area (Å²) in [7, 11) is 0. The highest BCUT2D eigenvalue weighted by atomic mass is 35.5. The lowest BCUT2D eigenvalue weighted by atomic mass is 10.1. The molecule has 4 nitrogen and oxygen atoms in total. The number of rotatable bonds is 4. The fourth-order valence-corrected chi connectivity index (χ4v) is 1.72. The summed E-state index contributed by atoms with van der Waals surface area (Å²) < 4.78 is 38.6. The van der Waals surface area contributed by atoms with E-state index in [9.17, 15) is 22.8 Å². The molecule has 0 spiro atoms. The van der Waals surface area contributed by atoms with Gasteiger partial charge in [0.15, 0.2) is 0 Å². The van der Waals surface area contributed by atoms with Gasteiger partial charge >= 0.3 is 6.18 Å². The maximum Gasteiger partial charge on any atom is 0.417 e. The predicted octanol–water partition coefficient (Wildman–Crippen LogP) is 2.68. The van der Waals surface area contributed by atoms with Crippen molar-refractivity contribution < 1.29 is 18.0 Å². The van der Waals surface area contributed by atoms with Crippen LogP contribution in [0.15, 0.2) is 17.1 Å². The number of amides is 1. The van der Waals surface area contributed by atoms with E-state index in [1.165, 1.54) is 0 Å². The lowest BCUT2D eigenvalue weighted by Crippen LogP contribution is -2.40. The SMILES string of the molecule is CC(C)[C@H](C)NC(=O)Cn1cc(C(F)(F)F)cc(Cl)c1=O. The zero-order valence-electron chi connectivity index (χ0n) is 11.8. The number of nitrogens with zero attached hydrogens (tertiary/aromatic N) is 1. The van der Waals surface area contributed by atoms with Crippen LogP contribution in [0, 0.1) is 5.92 Å². The average Bonchev–Trinajstić information content (AvgIpc) is 2.33. The summed E-state index contributed by atoms with van der Waals surface area (Å²) in [5.74, 6) is -0.385. The summed E-state index contributed by atoms with van der Waals surface area (Å²) in [4.78, 5) is 23.4. The van der Waals surface area contributed by atoms with Gasteiger partial charge in [0.05, 0.1) is 5.56 Å². The third kappa shape index (κ3) is 4.77. The van der Waals surface area contributed by atoms with Crippen LogP contribution in [0.2, 0.25) is 5.02 Å². The Bertz CT molecular complexity index is 582. The van der Waals surface area contributed by atoms with Crippen LogP contribution >= 0.6 is 11.6 Å². The molecule has 118 valence electrons. The van der Waals surface area contributed by atoms with E-state index in [0.29, 0.717) is 16.8 Å². The first-order chi connectivity index (χ1) is 9.52. The summed E-state index contributed by atoms with van der Waals surface area (Å²) in [6.45, 7) is 5.03. The zero-order valence-corrected chi connectivity index (χ0v) is 12.5. The molecule has 0 unspecified atom stereocenters. The Morgan fingerprint density at radius 1 is 1.38 bits per heavy atom. The number of hydrogen-bond acceptors (Lipinski definition) is 2. The van der Waals surface area contributed by atoms with Gasteiger partial charge in [0.1, 0.15) is 11.6 Å². The van der Waals surface area contributed by atoms with E-state index in [1.807, 2.05) is 13.8 Å². The van der Waals surface area contributed by atoms with Gasteiger partial charge in [0, 0.05) is 12.2 Å². The van der Waals surface area contributed by atoms with Crippen LogP contribution in [0.3, 0.4) is 0 Å². The van der Waals surface area contributed by atoms with E-state index >= 15 is 0 Å². The van der Waals surface area contributed by atoms with Gasteiger partial charge in [-0.2, -0.15) is 13.2 Å². The lowest BCUT2D eigenvalue weighted by Gasteiger charge is -2.18. The molecule has 1 amide bonds. The molecule has 1 heterocycles. The first-order valence-electron chi connectivity index (χ1n) is 6.29. The monoisotopic (exact) mass is 324 g/mol. The summed E-state index contributed by atoms with van der Waals surface area (Å²) in [6, 6.07) is 0.393. The standard InChI is InChI=1S/C13H16ClF3N2O2/c1-7(2)8(3)18-11(20)6-19-5-9(13(15,16)17)4-10(14)12(19)21/h4-5,7-8H,6H2,1-3H3,(H,18,20)/t8-/m0/s1. The number of carbonyl (C=O) groups excluding carboxylic acids is 1. The molecule has 0 radical (unpaired) electrons. The van der Waals surface area contributed by atoms with Crippen LogP contribution in [-0.2, 0) is 17.5 Å². The Morgan fingerprint density at radius 2 is 1.95 bits per heavy atom. The molecule has 0 saturated carbocycles. The molecular formula is C13H16ClF3N2O2. The van der Waals surface area contributed by atoms with Crippen molar-refractivity contribution in [3.63, 3.8) is 0 Å². The second-order valence-electron chi connectivity index (χ2n) is 5.11. The van der Waals surface area contributed by atoms with Crippen LogP contribution < -0.4 is 10.9 Å². The van der Waals surface area contributed by atoms with Crippen molar-refractivity contribution in [3.05, 3.63) is 33.2 Å². The Kier molecular flexibility index (Phi) is 5.44. The average molecular weight is 325 g/mol. The van der Waals surface area contributed by atoms with Crippen LogP contribution in [0.1, 0.15) is 26.3 Å². The van der Waals surface area contributed by atoms with Crippen molar-refractivity contribution in [2.75, 3.05) is 0 Å². The molecule has 1 aromatic rings. The van der Waals surface area contributed by atoms with Crippen LogP contribution in [0.25, 0.3) is 0 Å².